The first-order valence-corrected chi connectivity index (χ1v) is 9.42. The smallest absolute Gasteiger partial charge is 0.241 e. The molecule has 1 saturated carbocycles. The lowest BCUT2D eigenvalue weighted by Gasteiger charge is -2.39. The van der Waals surface area contributed by atoms with E-state index in [1.807, 2.05) is 0 Å². The van der Waals surface area contributed by atoms with Crippen LogP contribution < -0.4 is 4.72 Å². The number of rotatable bonds is 3. The Hall–Kier alpha value is -0.370. The molecule has 0 radical (unpaired) electrons. The van der Waals surface area contributed by atoms with Gasteiger partial charge in [0.1, 0.15) is 0 Å². The summed E-state index contributed by atoms with van der Waals surface area (Å²) in [6, 6.07) is 3.84. The molecule has 5 nitrogen and oxygen atoms in total. The van der Waals surface area contributed by atoms with E-state index in [0.29, 0.717) is 26.1 Å². The third kappa shape index (κ3) is 3.27. The minimum absolute atomic E-state index is 0.0451. The fourth-order valence-electron chi connectivity index (χ4n) is 3.02. The lowest BCUT2D eigenvalue weighted by molar-refractivity contribution is -0.191. The Morgan fingerprint density at radius 3 is 2.36 bits per heavy atom. The van der Waals surface area contributed by atoms with Crippen LogP contribution in [0.4, 0.5) is 0 Å². The predicted octanol–water partition coefficient (Wildman–Crippen LogP) is 2.96. The van der Waals surface area contributed by atoms with Gasteiger partial charge in [-0.25, -0.2) is 13.1 Å². The van der Waals surface area contributed by atoms with Crippen molar-refractivity contribution in [2.45, 2.75) is 42.4 Å². The summed E-state index contributed by atoms with van der Waals surface area (Å²) < 4.78 is 39.4. The quantitative estimate of drug-likeness (QED) is 0.893. The Morgan fingerprint density at radius 2 is 1.73 bits per heavy atom. The van der Waals surface area contributed by atoms with Crippen LogP contribution in [0.5, 0.6) is 0 Å². The second-order valence-electron chi connectivity index (χ2n) is 5.53. The Labute approximate surface area is 139 Å². The van der Waals surface area contributed by atoms with E-state index in [2.05, 4.69) is 4.72 Å². The standard InChI is InChI=1S/C14H17Cl2NO4S/c15-10-7-11(16)9-12(8-10)22(18,19)17-13-3-1-2-4-14(13)20-5-6-21-14/h7-9,13,17H,1-6H2/t13-/m0/s1. The van der Waals surface area contributed by atoms with Gasteiger partial charge in [0.15, 0.2) is 5.79 Å². The first kappa shape index (κ1) is 16.5. The molecule has 3 rings (SSSR count). The Morgan fingerprint density at radius 1 is 1.09 bits per heavy atom. The van der Waals surface area contributed by atoms with Gasteiger partial charge in [0, 0.05) is 16.5 Å². The second kappa shape index (κ2) is 6.26. The topological polar surface area (TPSA) is 64.6 Å². The van der Waals surface area contributed by atoms with Crippen LogP contribution in [-0.4, -0.2) is 33.5 Å². The van der Waals surface area contributed by atoms with Crippen molar-refractivity contribution in [1.29, 1.82) is 0 Å². The molecule has 1 aliphatic carbocycles. The molecule has 2 fully saturated rings. The van der Waals surface area contributed by atoms with E-state index in [1.54, 1.807) is 0 Å². The third-order valence-corrected chi connectivity index (χ3v) is 5.91. The molecule has 0 aromatic heterocycles. The SMILES string of the molecule is O=S(=O)(N[C@H]1CCCCC12OCCO2)c1cc(Cl)cc(Cl)c1. The zero-order valence-corrected chi connectivity index (χ0v) is 14.2. The van der Waals surface area contributed by atoms with Gasteiger partial charge in [-0.1, -0.05) is 29.6 Å². The first-order valence-electron chi connectivity index (χ1n) is 7.18. The molecule has 0 bridgehead atoms. The summed E-state index contributed by atoms with van der Waals surface area (Å²) >= 11 is 11.8. The number of hydrogen-bond donors (Lipinski definition) is 1. The van der Waals surface area contributed by atoms with Crippen LogP contribution in [0.15, 0.2) is 23.1 Å². The molecule has 1 aromatic rings. The molecule has 0 amide bonds. The molecule has 0 unspecified atom stereocenters. The molecule has 122 valence electrons. The van der Waals surface area contributed by atoms with Gasteiger partial charge in [0.05, 0.1) is 24.2 Å². The van der Waals surface area contributed by atoms with Crippen LogP contribution in [0.3, 0.4) is 0 Å². The maximum atomic E-state index is 12.6. The van der Waals surface area contributed by atoms with E-state index in [9.17, 15) is 8.42 Å². The van der Waals surface area contributed by atoms with E-state index in [0.717, 1.165) is 12.8 Å². The lowest BCUT2D eigenvalue weighted by atomic mass is 9.90. The molecule has 2 aliphatic rings. The van der Waals surface area contributed by atoms with Crippen molar-refractivity contribution in [2.75, 3.05) is 13.2 Å². The number of ether oxygens (including phenoxy) is 2. The highest BCUT2D eigenvalue weighted by Gasteiger charge is 2.47. The Bertz CT molecular complexity index is 639. The maximum absolute atomic E-state index is 12.6. The highest BCUT2D eigenvalue weighted by atomic mass is 35.5. The summed E-state index contributed by atoms with van der Waals surface area (Å²) in [5.74, 6) is -0.840. The van der Waals surface area contributed by atoms with Crippen molar-refractivity contribution < 1.29 is 17.9 Å². The van der Waals surface area contributed by atoms with Crippen LogP contribution in [0, 0.1) is 0 Å². The van der Waals surface area contributed by atoms with Crippen LogP contribution in [0.1, 0.15) is 25.7 Å². The summed E-state index contributed by atoms with van der Waals surface area (Å²) in [5.41, 5.74) is 0. The summed E-state index contributed by atoms with van der Waals surface area (Å²) in [5, 5.41) is 0.555. The van der Waals surface area contributed by atoms with Crippen molar-refractivity contribution in [1.82, 2.24) is 4.72 Å². The third-order valence-electron chi connectivity index (χ3n) is 4.02. The van der Waals surface area contributed by atoms with Gasteiger partial charge in [-0.05, 0) is 31.0 Å². The van der Waals surface area contributed by atoms with Crippen molar-refractivity contribution in [3.05, 3.63) is 28.2 Å². The molecule has 1 aromatic carbocycles. The molecular formula is C14H17Cl2NO4S. The fraction of sp³-hybridized carbons (Fsp3) is 0.571. The lowest BCUT2D eigenvalue weighted by Crippen LogP contribution is -2.55. The number of sulfonamides is 1. The van der Waals surface area contributed by atoms with E-state index < -0.39 is 21.9 Å². The molecule has 1 atom stereocenters. The average molecular weight is 366 g/mol. The molecule has 22 heavy (non-hydrogen) atoms. The van der Waals surface area contributed by atoms with Crippen LogP contribution in [-0.2, 0) is 19.5 Å². The van der Waals surface area contributed by atoms with Gasteiger partial charge in [0.2, 0.25) is 10.0 Å². The summed E-state index contributed by atoms with van der Waals surface area (Å²) in [6.45, 7) is 0.975. The second-order valence-corrected chi connectivity index (χ2v) is 8.12. The van der Waals surface area contributed by atoms with Gasteiger partial charge < -0.3 is 9.47 Å². The summed E-state index contributed by atoms with van der Waals surface area (Å²) in [7, 11) is -3.75. The van der Waals surface area contributed by atoms with Crippen molar-refractivity contribution >= 4 is 33.2 Å². The monoisotopic (exact) mass is 365 g/mol. The number of benzene rings is 1. The molecule has 1 N–H and O–H groups in total. The van der Waals surface area contributed by atoms with Crippen LogP contribution >= 0.6 is 23.2 Å². The Balaban J connectivity index is 1.86. The zero-order chi connectivity index (χ0) is 15.8. The maximum Gasteiger partial charge on any atom is 0.241 e. The van der Waals surface area contributed by atoms with Crippen LogP contribution in [0.25, 0.3) is 0 Å². The molecule has 1 spiro atoms. The zero-order valence-electron chi connectivity index (χ0n) is 11.8. The highest BCUT2D eigenvalue weighted by molar-refractivity contribution is 7.89. The highest BCUT2D eigenvalue weighted by Crippen LogP contribution is 2.37. The number of nitrogens with one attached hydrogen (secondary N) is 1. The molecule has 1 saturated heterocycles. The van der Waals surface area contributed by atoms with Gasteiger partial charge in [0.25, 0.3) is 0 Å². The molecule has 1 aliphatic heterocycles. The number of hydrogen-bond acceptors (Lipinski definition) is 4. The van der Waals surface area contributed by atoms with Crippen LogP contribution in [0.2, 0.25) is 10.0 Å². The summed E-state index contributed by atoms with van der Waals surface area (Å²) in [6.07, 6.45) is 3.25. The van der Waals surface area contributed by atoms with Gasteiger partial charge in [-0.2, -0.15) is 0 Å². The van der Waals surface area contributed by atoms with E-state index in [-0.39, 0.29) is 14.9 Å². The van der Waals surface area contributed by atoms with E-state index in [1.165, 1.54) is 18.2 Å². The number of halogens is 2. The van der Waals surface area contributed by atoms with E-state index >= 15 is 0 Å². The van der Waals surface area contributed by atoms with Crippen molar-refractivity contribution in [2.24, 2.45) is 0 Å². The Kier molecular flexibility index (Phi) is 4.69. The minimum Gasteiger partial charge on any atom is -0.346 e. The fourth-order valence-corrected chi connectivity index (χ4v) is 5.05. The van der Waals surface area contributed by atoms with E-state index in [4.69, 9.17) is 32.7 Å². The molecule has 1 heterocycles. The predicted molar refractivity (Wildman–Crippen MR) is 83.7 cm³/mol. The first-order chi connectivity index (χ1) is 10.4. The largest absolute Gasteiger partial charge is 0.346 e. The van der Waals surface area contributed by atoms with Gasteiger partial charge >= 0.3 is 0 Å². The minimum atomic E-state index is -3.75. The summed E-state index contributed by atoms with van der Waals surface area (Å²) in [4.78, 5) is 0.0451. The van der Waals surface area contributed by atoms with Gasteiger partial charge in [-0.15, -0.1) is 0 Å². The molecule has 8 heteroatoms. The van der Waals surface area contributed by atoms with Crippen molar-refractivity contribution in [3.63, 3.8) is 0 Å². The normalized spacial score (nSPS) is 24.7. The van der Waals surface area contributed by atoms with Crippen molar-refractivity contribution in [3.8, 4) is 0 Å². The van der Waals surface area contributed by atoms with Gasteiger partial charge in [-0.3, -0.25) is 0 Å². The molecular weight excluding hydrogens is 349 g/mol. The average Bonchev–Trinajstić information content (AvgIpc) is 2.90.